The Balaban J connectivity index is 2.51. The lowest BCUT2D eigenvalue weighted by atomic mass is 10.0. The zero-order valence-corrected chi connectivity index (χ0v) is 10.9. The molecule has 1 aliphatic heterocycles. The molecule has 94 valence electrons. The van der Waals surface area contributed by atoms with Crippen LogP contribution in [0.4, 0.5) is 0 Å². The third kappa shape index (κ3) is 3.19. The molecule has 4 heteroatoms. The van der Waals surface area contributed by atoms with Crippen molar-refractivity contribution < 1.29 is 9.90 Å². The monoisotopic (exact) mass is 228 g/mol. The van der Waals surface area contributed by atoms with Crippen LogP contribution in [0.15, 0.2) is 0 Å². The van der Waals surface area contributed by atoms with Crippen molar-refractivity contribution in [2.24, 2.45) is 0 Å². The van der Waals surface area contributed by atoms with E-state index in [-0.39, 0.29) is 11.6 Å². The second-order valence-corrected chi connectivity index (χ2v) is 5.46. The third-order valence-electron chi connectivity index (χ3n) is 3.38. The molecule has 1 rings (SSSR count). The molecule has 4 nitrogen and oxygen atoms in total. The van der Waals surface area contributed by atoms with Gasteiger partial charge in [-0.15, -0.1) is 0 Å². The highest BCUT2D eigenvalue weighted by atomic mass is 16.4. The maximum Gasteiger partial charge on any atom is 0.320 e. The average molecular weight is 228 g/mol. The summed E-state index contributed by atoms with van der Waals surface area (Å²) in [7, 11) is 0. The smallest absolute Gasteiger partial charge is 0.320 e. The number of nitrogens with zero attached hydrogens (tertiary/aromatic N) is 2. The van der Waals surface area contributed by atoms with Gasteiger partial charge in [-0.3, -0.25) is 14.6 Å². The summed E-state index contributed by atoms with van der Waals surface area (Å²) >= 11 is 0. The molecule has 0 bridgehead atoms. The summed E-state index contributed by atoms with van der Waals surface area (Å²) in [4.78, 5) is 15.6. The van der Waals surface area contributed by atoms with E-state index in [1.54, 1.807) is 0 Å². The Morgan fingerprint density at radius 1 is 1.25 bits per heavy atom. The number of rotatable bonds is 3. The van der Waals surface area contributed by atoms with E-state index < -0.39 is 5.97 Å². The standard InChI is InChI=1S/C12H24N2O2/c1-5-10(11(15)16)13-6-8-14(9-7-13)12(2,3)4/h10H,5-9H2,1-4H3,(H,15,16). The van der Waals surface area contributed by atoms with Gasteiger partial charge in [0.15, 0.2) is 0 Å². The molecule has 1 heterocycles. The van der Waals surface area contributed by atoms with Crippen LogP contribution in [0.25, 0.3) is 0 Å². The lowest BCUT2D eigenvalue weighted by Gasteiger charge is -2.43. The third-order valence-corrected chi connectivity index (χ3v) is 3.38. The van der Waals surface area contributed by atoms with Crippen molar-refractivity contribution in [3.05, 3.63) is 0 Å². The molecule has 0 aromatic rings. The summed E-state index contributed by atoms with van der Waals surface area (Å²) < 4.78 is 0. The van der Waals surface area contributed by atoms with Crippen LogP contribution >= 0.6 is 0 Å². The molecule has 1 fully saturated rings. The number of carbonyl (C=O) groups is 1. The van der Waals surface area contributed by atoms with Crippen LogP contribution in [0.3, 0.4) is 0 Å². The van der Waals surface area contributed by atoms with Gasteiger partial charge in [0.25, 0.3) is 0 Å². The molecule has 0 aliphatic carbocycles. The minimum atomic E-state index is -0.688. The van der Waals surface area contributed by atoms with Crippen LogP contribution in [-0.2, 0) is 4.79 Å². The number of carboxylic acid groups (broad SMARTS) is 1. The van der Waals surface area contributed by atoms with Gasteiger partial charge in [0.05, 0.1) is 0 Å². The highest BCUT2D eigenvalue weighted by molar-refractivity contribution is 5.73. The van der Waals surface area contributed by atoms with Crippen molar-refractivity contribution >= 4 is 5.97 Å². The van der Waals surface area contributed by atoms with E-state index in [4.69, 9.17) is 5.11 Å². The molecule has 0 amide bonds. The molecule has 0 saturated carbocycles. The molecule has 0 aromatic heterocycles. The molecule has 0 radical (unpaired) electrons. The fourth-order valence-corrected chi connectivity index (χ4v) is 2.29. The molecule has 0 spiro atoms. The molecule has 0 aromatic carbocycles. The van der Waals surface area contributed by atoms with Gasteiger partial charge in [-0.05, 0) is 27.2 Å². The molecular formula is C12H24N2O2. The normalized spacial score (nSPS) is 22.0. The van der Waals surface area contributed by atoms with Crippen molar-refractivity contribution in [3.8, 4) is 0 Å². The second-order valence-electron chi connectivity index (χ2n) is 5.46. The van der Waals surface area contributed by atoms with E-state index in [0.29, 0.717) is 6.42 Å². The Morgan fingerprint density at radius 3 is 2.06 bits per heavy atom. The van der Waals surface area contributed by atoms with E-state index in [0.717, 1.165) is 26.2 Å². The lowest BCUT2D eigenvalue weighted by molar-refractivity contribution is -0.144. The van der Waals surface area contributed by atoms with E-state index in [1.807, 2.05) is 6.92 Å². The highest BCUT2D eigenvalue weighted by Gasteiger charge is 2.30. The molecule has 1 aliphatic rings. The van der Waals surface area contributed by atoms with Gasteiger partial charge in [0.1, 0.15) is 6.04 Å². The molecular weight excluding hydrogens is 204 g/mol. The van der Waals surface area contributed by atoms with Crippen LogP contribution in [0, 0.1) is 0 Å². The van der Waals surface area contributed by atoms with Crippen LogP contribution in [0.2, 0.25) is 0 Å². The van der Waals surface area contributed by atoms with Crippen LogP contribution in [0.5, 0.6) is 0 Å². The quantitative estimate of drug-likeness (QED) is 0.790. The first-order valence-electron chi connectivity index (χ1n) is 6.08. The fraction of sp³-hybridized carbons (Fsp3) is 0.917. The maximum atomic E-state index is 11.1. The van der Waals surface area contributed by atoms with Crippen molar-refractivity contribution in [1.29, 1.82) is 0 Å². The minimum Gasteiger partial charge on any atom is -0.480 e. The maximum absolute atomic E-state index is 11.1. The van der Waals surface area contributed by atoms with Crippen LogP contribution in [0.1, 0.15) is 34.1 Å². The topological polar surface area (TPSA) is 43.8 Å². The number of carboxylic acids is 1. The van der Waals surface area contributed by atoms with E-state index in [1.165, 1.54) is 0 Å². The first kappa shape index (κ1) is 13.5. The van der Waals surface area contributed by atoms with E-state index >= 15 is 0 Å². The van der Waals surface area contributed by atoms with Gasteiger partial charge in [-0.1, -0.05) is 6.92 Å². The number of hydrogen-bond donors (Lipinski definition) is 1. The number of aliphatic carboxylic acids is 1. The van der Waals surface area contributed by atoms with E-state index in [9.17, 15) is 4.79 Å². The SMILES string of the molecule is CCC(C(=O)O)N1CCN(C(C)(C)C)CC1. The molecule has 1 N–H and O–H groups in total. The van der Waals surface area contributed by atoms with Crippen molar-refractivity contribution in [1.82, 2.24) is 9.80 Å². The van der Waals surface area contributed by atoms with Crippen molar-refractivity contribution in [2.75, 3.05) is 26.2 Å². The van der Waals surface area contributed by atoms with Gasteiger partial charge in [-0.25, -0.2) is 0 Å². The Hall–Kier alpha value is -0.610. The Kier molecular flexibility index (Phi) is 4.33. The number of piperazine rings is 1. The number of hydrogen-bond acceptors (Lipinski definition) is 3. The molecule has 16 heavy (non-hydrogen) atoms. The fourth-order valence-electron chi connectivity index (χ4n) is 2.29. The molecule has 1 unspecified atom stereocenters. The zero-order chi connectivity index (χ0) is 12.3. The highest BCUT2D eigenvalue weighted by Crippen LogP contribution is 2.17. The van der Waals surface area contributed by atoms with Crippen molar-refractivity contribution in [3.63, 3.8) is 0 Å². The Bertz CT molecular complexity index is 240. The summed E-state index contributed by atoms with van der Waals surface area (Å²) in [5.74, 6) is -0.688. The predicted molar refractivity (Wildman–Crippen MR) is 64.6 cm³/mol. The van der Waals surface area contributed by atoms with Crippen LogP contribution in [-0.4, -0.2) is 58.6 Å². The van der Waals surface area contributed by atoms with Gasteiger partial charge >= 0.3 is 5.97 Å². The summed E-state index contributed by atoms with van der Waals surface area (Å²) in [5, 5.41) is 9.10. The van der Waals surface area contributed by atoms with E-state index in [2.05, 4.69) is 30.6 Å². The summed E-state index contributed by atoms with van der Waals surface area (Å²) in [6.07, 6.45) is 0.685. The predicted octanol–water partition coefficient (Wildman–Crippen LogP) is 1.27. The van der Waals surface area contributed by atoms with Crippen molar-refractivity contribution in [2.45, 2.75) is 45.7 Å². The van der Waals surface area contributed by atoms with Gasteiger partial charge in [0.2, 0.25) is 0 Å². The van der Waals surface area contributed by atoms with Gasteiger partial charge < -0.3 is 5.11 Å². The minimum absolute atomic E-state index is 0.191. The second kappa shape index (κ2) is 5.15. The zero-order valence-electron chi connectivity index (χ0n) is 10.9. The molecule has 1 saturated heterocycles. The average Bonchev–Trinajstić information content (AvgIpc) is 2.17. The largest absolute Gasteiger partial charge is 0.480 e. The van der Waals surface area contributed by atoms with Gasteiger partial charge in [0, 0.05) is 31.7 Å². The Labute approximate surface area is 98.2 Å². The lowest BCUT2D eigenvalue weighted by Crippen LogP contribution is -2.56. The van der Waals surface area contributed by atoms with Gasteiger partial charge in [-0.2, -0.15) is 0 Å². The Morgan fingerprint density at radius 2 is 1.75 bits per heavy atom. The summed E-state index contributed by atoms with van der Waals surface area (Å²) in [5.41, 5.74) is 0.191. The summed E-state index contributed by atoms with van der Waals surface area (Å²) in [6, 6.07) is -0.304. The first-order valence-corrected chi connectivity index (χ1v) is 6.08. The first-order chi connectivity index (χ1) is 7.36. The molecule has 1 atom stereocenters. The summed E-state index contributed by atoms with van der Waals surface area (Å²) in [6.45, 7) is 12.2. The van der Waals surface area contributed by atoms with Crippen LogP contribution < -0.4 is 0 Å².